The molecule has 0 aliphatic carbocycles. The third-order valence-corrected chi connectivity index (χ3v) is 3.06. The van der Waals surface area contributed by atoms with Gasteiger partial charge in [-0.05, 0) is 25.1 Å². The smallest absolute Gasteiger partial charge is 0.317 e. The summed E-state index contributed by atoms with van der Waals surface area (Å²) in [6, 6.07) is 5.79. The van der Waals surface area contributed by atoms with E-state index in [0.29, 0.717) is 23.8 Å². The molecule has 1 heterocycles. The number of nitro benzene ring substituents is 1. The monoisotopic (exact) mass is 356 g/mol. The van der Waals surface area contributed by atoms with Gasteiger partial charge in [0.05, 0.1) is 18.0 Å². The molecule has 0 amide bonds. The highest BCUT2D eigenvalue weighted by Gasteiger charge is 2.15. The highest BCUT2D eigenvalue weighted by atomic mass is 35.5. The third kappa shape index (κ3) is 5.28. The molecule has 0 radical (unpaired) electrons. The van der Waals surface area contributed by atoms with Crippen molar-refractivity contribution >= 4 is 24.1 Å². The van der Waals surface area contributed by atoms with Gasteiger partial charge in [0, 0.05) is 17.7 Å². The van der Waals surface area contributed by atoms with Gasteiger partial charge >= 0.3 is 5.97 Å². The number of aliphatic carboxylic acids is 1. The molecule has 0 spiro atoms. The van der Waals surface area contributed by atoms with E-state index in [1.165, 1.54) is 24.3 Å². The van der Waals surface area contributed by atoms with Crippen LogP contribution >= 0.6 is 12.4 Å². The zero-order valence-corrected chi connectivity index (χ0v) is 13.7. The van der Waals surface area contributed by atoms with Crippen LogP contribution in [0, 0.1) is 10.1 Å². The van der Waals surface area contributed by atoms with Gasteiger partial charge in [-0.3, -0.25) is 19.8 Å². The summed E-state index contributed by atoms with van der Waals surface area (Å²) in [6.07, 6.45) is 0.802. The largest absolute Gasteiger partial charge is 0.480 e. The van der Waals surface area contributed by atoms with E-state index >= 15 is 0 Å². The van der Waals surface area contributed by atoms with Crippen molar-refractivity contribution in [3.63, 3.8) is 0 Å². The predicted molar refractivity (Wildman–Crippen MR) is 86.8 cm³/mol. The van der Waals surface area contributed by atoms with Crippen molar-refractivity contribution in [2.24, 2.45) is 0 Å². The van der Waals surface area contributed by atoms with Crippen LogP contribution in [-0.2, 0) is 11.3 Å². The predicted octanol–water partition coefficient (Wildman–Crippen LogP) is 2.36. The molecule has 0 saturated carbocycles. The molecule has 0 bridgehead atoms. The minimum absolute atomic E-state index is 0. The average Bonchev–Trinajstić information content (AvgIpc) is 2.95. The number of non-ortho nitro benzene ring substituents is 1. The second kappa shape index (κ2) is 8.94. The van der Waals surface area contributed by atoms with Gasteiger partial charge in [0.2, 0.25) is 11.7 Å². The Morgan fingerprint density at radius 2 is 2.04 bits per heavy atom. The molecule has 0 atom stereocenters. The molecule has 1 aromatic heterocycles. The Morgan fingerprint density at radius 1 is 1.38 bits per heavy atom. The molecule has 2 aromatic rings. The van der Waals surface area contributed by atoms with Crippen LogP contribution in [0.4, 0.5) is 5.69 Å². The SMILES string of the molecule is CCCN(CC(=O)O)Cc1nc(-c2ccc([N+](=O)[O-])cc2)no1.Cl. The average molecular weight is 357 g/mol. The Morgan fingerprint density at radius 3 is 2.58 bits per heavy atom. The van der Waals surface area contributed by atoms with Gasteiger partial charge in [-0.2, -0.15) is 4.98 Å². The molecule has 0 saturated heterocycles. The van der Waals surface area contributed by atoms with Gasteiger partial charge in [-0.15, -0.1) is 12.4 Å². The van der Waals surface area contributed by atoms with Crippen molar-refractivity contribution in [3.8, 4) is 11.4 Å². The van der Waals surface area contributed by atoms with Gasteiger partial charge < -0.3 is 9.63 Å². The molecule has 0 aliphatic heterocycles. The van der Waals surface area contributed by atoms with Crippen LogP contribution in [0.2, 0.25) is 0 Å². The normalized spacial score (nSPS) is 10.4. The molecule has 0 unspecified atom stereocenters. The highest BCUT2D eigenvalue weighted by molar-refractivity contribution is 5.85. The summed E-state index contributed by atoms with van der Waals surface area (Å²) < 4.78 is 5.13. The molecule has 0 fully saturated rings. The van der Waals surface area contributed by atoms with Gasteiger partial charge in [-0.1, -0.05) is 12.1 Å². The Balaban J connectivity index is 0.00000288. The zero-order chi connectivity index (χ0) is 16.8. The Kier molecular flexibility index (Phi) is 7.28. The van der Waals surface area contributed by atoms with E-state index < -0.39 is 10.9 Å². The molecule has 2 rings (SSSR count). The number of hydrogen-bond acceptors (Lipinski definition) is 7. The number of nitrogens with zero attached hydrogens (tertiary/aromatic N) is 4. The lowest BCUT2D eigenvalue weighted by molar-refractivity contribution is -0.384. The lowest BCUT2D eigenvalue weighted by atomic mass is 10.2. The summed E-state index contributed by atoms with van der Waals surface area (Å²) in [4.78, 5) is 26.9. The minimum atomic E-state index is -0.923. The fraction of sp³-hybridized carbons (Fsp3) is 0.357. The van der Waals surface area contributed by atoms with E-state index in [-0.39, 0.29) is 31.2 Å². The lowest BCUT2D eigenvalue weighted by Crippen LogP contribution is -2.30. The number of carbonyl (C=O) groups is 1. The van der Waals surface area contributed by atoms with Gasteiger partial charge in [0.25, 0.3) is 5.69 Å². The summed E-state index contributed by atoms with van der Waals surface area (Å²) in [5.74, 6) is -0.316. The van der Waals surface area contributed by atoms with E-state index in [1.54, 1.807) is 4.90 Å². The number of carboxylic acids is 1. The lowest BCUT2D eigenvalue weighted by Gasteiger charge is -2.16. The van der Waals surface area contributed by atoms with Crippen molar-refractivity contribution < 1.29 is 19.3 Å². The van der Waals surface area contributed by atoms with Crippen molar-refractivity contribution in [3.05, 3.63) is 40.3 Å². The van der Waals surface area contributed by atoms with Crippen LogP contribution < -0.4 is 0 Å². The molecule has 1 N–H and O–H groups in total. The highest BCUT2D eigenvalue weighted by Crippen LogP contribution is 2.20. The van der Waals surface area contributed by atoms with Crippen LogP contribution in [0.25, 0.3) is 11.4 Å². The fourth-order valence-electron chi connectivity index (χ4n) is 2.08. The molecular formula is C14H17ClN4O5. The quantitative estimate of drug-likeness (QED) is 0.564. The summed E-state index contributed by atoms with van der Waals surface area (Å²) in [7, 11) is 0. The molecule has 10 heteroatoms. The molecule has 130 valence electrons. The van der Waals surface area contributed by atoms with Gasteiger partial charge in [0.1, 0.15) is 0 Å². The maximum Gasteiger partial charge on any atom is 0.317 e. The number of rotatable bonds is 8. The van der Waals surface area contributed by atoms with Crippen molar-refractivity contribution in [1.82, 2.24) is 15.0 Å². The second-order valence-electron chi connectivity index (χ2n) is 4.92. The minimum Gasteiger partial charge on any atom is -0.480 e. The van der Waals surface area contributed by atoms with Crippen molar-refractivity contribution in [1.29, 1.82) is 0 Å². The Bertz CT molecular complexity index is 689. The number of aromatic nitrogens is 2. The molecule has 24 heavy (non-hydrogen) atoms. The first-order valence-corrected chi connectivity index (χ1v) is 7.01. The number of halogens is 1. The van der Waals surface area contributed by atoms with Gasteiger partial charge in [0.15, 0.2) is 0 Å². The number of hydrogen-bond donors (Lipinski definition) is 1. The summed E-state index contributed by atoms with van der Waals surface area (Å²) in [6.45, 7) is 2.68. The summed E-state index contributed by atoms with van der Waals surface area (Å²) in [5.41, 5.74) is 0.568. The van der Waals surface area contributed by atoms with Crippen LogP contribution in [0.5, 0.6) is 0 Å². The number of nitro groups is 1. The first-order valence-electron chi connectivity index (χ1n) is 7.01. The van der Waals surface area contributed by atoms with Crippen LogP contribution in [0.3, 0.4) is 0 Å². The standard InChI is InChI=1S/C14H16N4O5.ClH/c1-2-7-17(9-13(19)20)8-12-15-14(16-23-12)10-3-5-11(6-4-10)18(21)22;/h3-6H,2,7-9H2,1H3,(H,19,20);1H. The summed E-state index contributed by atoms with van der Waals surface area (Å²) >= 11 is 0. The second-order valence-corrected chi connectivity index (χ2v) is 4.92. The van der Waals surface area contributed by atoms with E-state index in [0.717, 1.165) is 6.42 Å². The van der Waals surface area contributed by atoms with Crippen LogP contribution in [0.15, 0.2) is 28.8 Å². The first-order chi connectivity index (χ1) is 11.0. The van der Waals surface area contributed by atoms with Gasteiger partial charge in [-0.25, -0.2) is 0 Å². The Hall–Kier alpha value is -2.52. The fourth-order valence-corrected chi connectivity index (χ4v) is 2.08. The maximum atomic E-state index is 10.8. The van der Waals surface area contributed by atoms with Crippen molar-refractivity contribution in [2.75, 3.05) is 13.1 Å². The summed E-state index contributed by atoms with van der Waals surface area (Å²) in [5, 5.41) is 23.3. The Labute approximate surface area is 143 Å². The number of benzene rings is 1. The van der Waals surface area contributed by atoms with Crippen LogP contribution in [-0.4, -0.2) is 44.1 Å². The molecular weight excluding hydrogens is 340 g/mol. The molecule has 1 aromatic carbocycles. The molecule has 0 aliphatic rings. The van der Waals surface area contributed by atoms with Crippen LogP contribution in [0.1, 0.15) is 19.2 Å². The zero-order valence-electron chi connectivity index (χ0n) is 12.9. The van der Waals surface area contributed by atoms with Crippen molar-refractivity contribution in [2.45, 2.75) is 19.9 Å². The molecule has 9 nitrogen and oxygen atoms in total. The third-order valence-electron chi connectivity index (χ3n) is 3.06. The topological polar surface area (TPSA) is 123 Å². The van der Waals surface area contributed by atoms with E-state index in [4.69, 9.17) is 9.63 Å². The maximum absolute atomic E-state index is 10.8. The van der Waals surface area contributed by atoms with E-state index in [1.807, 2.05) is 6.92 Å². The number of carboxylic acid groups (broad SMARTS) is 1. The van der Waals surface area contributed by atoms with E-state index in [2.05, 4.69) is 10.1 Å². The van der Waals surface area contributed by atoms with E-state index in [9.17, 15) is 14.9 Å². The first kappa shape index (κ1) is 19.5.